The average Bonchev–Trinajstić information content (AvgIpc) is 2.32. The van der Waals surface area contributed by atoms with Gasteiger partial charge in [0.25, 0.3) is 0 Å². The molecular formula is C13H12N2. The zero-order valence-corrected chi connectivity index (χ0v) is 8.59. The summed E-state index contributed by atoms with van der Waals surface area (Å²) in [7, 11) is 0. The van der Waals surface area contributed by atoms with Gasteiger partial charge >= 0.3 is 0 Å². The maximum absolute atomic E-state index is 4.31. The number of aromatic nitrogens is 2. The van der Waals surface area contributed by atoms with Gasteiger partial charge in [0, 0.05) is 23.5 Å². The van der Waals surface area contributed by atoms with E-state index in [4.69, 9.17) is 0 Å². The van der Waals surface area contributed by atoms with Crippen LogP contribution in [0.2, 0.25) is 0 Å². The molecule has 0 radical (unpaired) electrons. The summed E-state index contributed by atoms with van der Waals surface area (Å²) in [6.07, 6.45) is 7.61. The van der Waals surface area contributed by atoms with Gasteiger partial charge < -0.3 is 0 Å². The molecule has 15 heavy (non-hydrogen) atoms. The fraction of sp³-hybridized carbons (Fsp3) is 0.0769. The summed E-state index contributed by atoms with van der Waals surface area (Å²) >= 11 is 0. The van der Waals surface area contributed by atoms with Crippen LogP contribution in [0.15, 0.2) is 48.8 Å². The van der Waals surface area contributed by atoms with Crippen LogP contribution in [0.5, 0.6) is 0 Å². The molecule has 1 aromatic heterocycles. The van der Waals surface area contributed by atoms with Crippen LogP contribution in [0, 0.1) is 0 Å². The van der Waals surface area contributed by atoms with E-state index in [0.717, 1.165) is 17.0 Å². The lowest BCUT2D eigenvalue weighted by Crippen LogP contribution is -1.88. The lowest BCUT2D eigenvalue weighted by atomic mass is 10.2. The van der Waals surface area contributed by atoms with E-state index in [-0.39, 0.29) is 0 Å². The molecule has 1 aromatic carbocycles. The zero-order valence-electron chi connectivity index (χ0n) is 8.59. The molecule has 0 spiro atoms. The van der Waals surface area contributed by atoms with Crippen molar-refractivity contribution in [2.24, 2.45) is 0 Å². The molecule has 0 atom stereocenters. The molecule has 2 nitrogen and oxygen atoms in total. The molecule has 2 aromatic rings. The Kier molecular flexibility index (Phi) is 2.88. The molecule has 0 saturated heterocycles. The largest absolute Gasteiger partial charge is 0.236 e. The predicted molar refractivity (Wildman–Crippen MR) is 62.2 cm³/mol. The number of benzene rings is 1. The molecule has 0 N–H and O–H groups in total. The van der Waals surface area contributed by atoms with E-state index in [1.165, 1.54) is 0 Å². The molecule has 0 aliphatic rings. The second-order valence-electron chi connectivity index (χ2n) is 3.21. The van der Waals surface area contributed by atoms with Crippen molar-refractivity contribution < 1.29 is 0 Å². The lowest BCUT2D eigenvalue weighted by Gasteiger charge is -1.99. The number of rotatable bonds is 2. The van der Waals surface area contributed by atoms with Crippen LogP contribution in [0.1, 0.15) is 12.5 Å². The van der Waals surface area contributed by atoms with Crippen molar-refractivity contribution in [1.29, 1.82) is 0 Å². The minimum Gasteiger partial charge on any atom is -0.236 e. The predicted octanol–water partition coefficient (Wildman–Crippen LogP) is 3.18. The third-order valence-corrected chi connectivity index (χ3v) is 2.06. The van der Waals surface area contributed by atoms with Crippen molar-refractivity contribution in [2.75, 3.05) is 0 Å². The van der Waals surface area contributed by atoms with Crippen molar-refractivity contribution >= 4 is 6.08 Å². The SMILES string of the molecule is C/C=C/c1cnc(-c2ccccc2)nc1. The van der Waals surface area contributed by atoms with Crippen molar-refractivity contribution in [2.45, 2.75) is 6.92 Å². The number of allylic oxidation sites excluding steroid dienone is 1. The van der Waals surface area contributed by atoms with Crippen LogP contribution in [0.4, 0.5) is 0 Å². The minimum absolute atomic E-state index is 0.767. The van der Waals surface area contributed by atoms with Crippen molar-refractivity contribution in [3.63, 3.8) is 0 Å². The zero-order chi connectivity index (χ0) is 10.5. The molecule has 2 rings (SSSR count). The van der Waals surface area contributed by atoms with Crippen molar-refractivity contribution in [3.05, 3.63) is 54.4 Å². The van der Waals surface area contributed by atoms with Crippen molar-refractivity contribution in [1.82, 2.24) is 9.97 Å². The van der Waals surface area contributed by atoms with Gasteiger partial charge in [0.05, 0.1) is 0 Å². The molecule has 0 aliphatic heterocycles. The minimum atomic E-state index is 0.767. The van der Waals surface area contributed by atoms with E-state index in [0.29, 0.717) is 0 Å². The first-order valence-corrected chi connectivity index (χ1v) is 4.90. The Hall–Kier alpha value is -1.96. The summed E-state index contributed by atoms with van der Waals surface area (Å²) in [4.78, 5) is 8.61. The second-order valence-corrected chi connectivity index (χ2v) is 3.21. The third-order valence-electron chi connectivity index (χ3n) is 2.06. The van der Waals surface area contributed by atoms with E-state index in [1.54, 1.807) is 0 Å². The van der Waals surface area contributed by atoms with Gasteiger partial charge in [0.1, 0.15) is 0 Å². The van der Waals surface area contributed by atoms with Gasteiger partial charge in [-0.25, -0.2) is 9.97 Å². The van der Waals surface area contributed by atoms with Gasteiger partial charge in [-0.3, -0.25) is 0 Å². The van der Waals surface area contributed by atoms with E-state index < -0.39 is 0 Å². The molecule has 0 unspecified atom stereocenters. The summed E-state index contributed by atoms with van der Waals surface area (Å²) in [6, 6.07) is 9.96. The highest BCUT2D eigenvalue weighted by atomic mass is 14.9. The standard InChI is InChI=1S/C13H12N2/c1-2-6-11-9-14-13(15-10-11)12-7-4-3-5-8-12/h2-10H,1H3/b6-2+. The smallest absolute Gasteiger partial charge is 0.159 e. The first-order chi connectivity index (χ1) is 7.40. The monoisotopic (exact) mass is 196 g/mol. The first-order valence-electron chi connectivity index (χ1n) is 4.90. The lowest BCUT2D eigenvalue weighted by molar-refractivity contribution is 1.17. The first kappa shape index (κ1) is 9.59. The summed E-state index contributed by atoms with van der Waals surface area (Å²) in [5.41, 5.74) is 2.07. The third kappa shape index (κ3) is 2.29. The Bertz CT molecular complexity index is 444. The van der Waals surface area contributed by atoms with Crippen LogP contribution in [0.3, 0.4) is 0 Å². The van der Waals surface area contributed by atoms with E-state index in [1.807, 2.05) is 61.8 Å². The van der Waals surface area contributed by atoms with E-state index in [9.17, 15) is 0 Å². The Labute approximate surface area is 89.3 Å². The Morgan fingerprint density at radius 2 is 1.67 bits per heavy atom. The van der Waals surface area contributed by atoms with Crippen LogP contribution in [0.25, 0.3) is 17.5 Å². The van der Waals surface area contributed by atoms with Crippen LogP contribution in [-0.2, 0) is 0 Å². The molecule has 0 bridgehead atoms. The Morgan fingerprint density at radius 3 is 2.27 bits per heavy atom. The van der Waals surface area contributed by atoms with Gasteiger partial charge in [-0.2, -0.15) is 0 Å². The molecule has 0 fully saturated rings. The van der Waals surface area contributed by atoms with Gasteiger partial charge in [-0.15, -0.1) is 0 Å². The molecule has 0 aliphatic carbocycles. The van der Waals surface area contributed by atoms with E-state index >= 15 is 0 Å². The number of hydrogen-bond acceptors (Lipinski definition) is 2. The summed E-state index contributed by atoms with van der Waals surface area (Å²) in [6.45, 7) is 1.98. The normalized spacial score (nSPS) is 10.7. The molecular weight excluding hydrogens is 184 g/mol. The molecule has 0 amide bonds. The number of hydrogen-bond donors (Lipinski definition) is 0. The Morgan fingerprint density at radius 1 is 1.00 bits per heavy atom. The fourth-order valence-corrected chi connectivity index (χ4v) is 1.35. The molecule has 74 valence electrons. The van der Waals surface area contributed by atoms with Gasteiger partial charge in [-0.05, 0) is 6.92 Å². The van der Waals surface area contributed by atoms with Crippen LogP contribution < -0.4 is 0 Å². The Balaban J connectivity index is 2.32. The van der Waals surface area contributed by atoms with E-state index in [2.05, 4.69) is 9.97 Å². The highest BCUT2D eigenvalue weighted by molar-refractivity contribution is 5.55. The molecule has 2 heteroatoms. The molecule has 1 heterocycles. The van der Waals surface area contributed by atoms with Crippen LogP contribution in [-0.4, -0.2) is 9.97 Å². The quantitative estimate of drug-likeness (QED) is 0.737. The van der Waals surface area contributed by atoms with Gasteiger partial charge in [0.2, 0.25) is 0 Å². The maximum Gasteiger partial charge on any atom is 0.159 e. The fourth-order valence-electron chi connectivity index (χ4n) is 1.35. The summed E-state index contributed by atoms with van der Waals surface area (Å²) in [5, 5.41) is 0. The average molecular weight is 196 g/mol. The number of nitrogens with zero attached hydrogens (tertiary/aromatic N) is 2. The highest BCUT2D eigenvalue weighted by Gasteiger charge is 1.98. The highest BCUT2D eigenvalue weighted by Crippen LogP contribution is 2.13. The van der Waals surface area contributed by atoms with Gasteiger partial charge in [-0.1, -0.05) is 42.5 Å². The van der Waals surface area contributed by atoms with Crippen molar-refractivity contribution in [3.8, 4) is 11.4 Å². The maximum atomic E-state index is 4.31. The summed E-state index contributed by atoms with van der Waals surface area (Å²) in [5.74, 6) is 0.767. The molecule has 0 saturated carbocycles. The topological polar surface area (TPSA) is 25.8 Å². The second kappa shape index (κ2) is 4.51. The van der Waals surface area contributed by atoms with Crippen LogP contribution >= 0.6 is 0 Å². The van der Waals surface area contributed by atoms with Gasteiger partial charge in [0.15, 0.2) is 5.82 Å². The summed E-state index contributed by atoms with van der Waals surface area (Å²) < 4.78 is 0.